The summed E-state index contributed by atoms with van der Waals surface area (Å²) < 4.78 is 29.2. The number of rotatable bonds is 4. The lowest BCUT2D eigenvalue weighted by Crippen LogP contribution is -2.19. The van der Waals surface area contributed by atoms with Crippen LogP contribution >= 0.6 is 11.6 Å². The van der Waals surface area contributed by atoms with E-state index >= 15 is 0 Å². The fourth-order valence-electron chi connectivity index (χ4n) is 1.30. The summed E-state index contributed by atoms with van der Waals surface area (Å²) >= 11 is 5.54. The number of halogens is 3. The number of aromatic amines is 1. The zero-order valence-corrected chi connectivity index (χ0v) is 9.68. The highest BCUT2D eigenvalue weighted by Gasteiger charge is 2.16. The molecule has 0 aliphatic rings. The van der Waals surface area contributed by atoms with E-state index in [4.69, 9.17) is 11.6 Å². The Kier molecular flexibility index (Phi) is 4.62. The number of pyridine rings is 1. The minimum Gasteiger partial charge on any atom is -0.469 e. The average Bonchev–Trinajstić information content (AvgIpc) is 2.30. The van der Waals surface area contributed by atoms with Gasteiger partial charge < -0.3 is 9.72 Å². The largest absolute Gasteiger partial charge is 0.469 e. The van der Waals surface area contributed by atoms with Crippen molar-refractivity contribution < 1.29 is 18.3 Å². The molecule has 1 aromatic heterocycles. The molecular formula is C10H10ClF2NO3. The molecule has 0 saturated heterocycles. The van der Waals surface area contributed by atoms with Crippen molar-refractivity contribution in [2.75, 3.05) is 7.11 Å². The molecule has 0 unspecified atom stereocenters. The summed E-state index contributed by atoms with van der Waals surface area (Å²) in [6, 6.07) is 0.763. The number of H-pyrrole nitrogens is 1. The van der Waals surface area contributed by atoms with Gasteiger partial charge in [0, 0.05) is 17.3 Å². The van der Waals surface area contributed by atoms with Gasteiger partial charge in [-0.1, -0.05) is 0 Å². The second kappa shape index (κ2) is 5.77. The lowest BCUT2D eigenvalue weighted by atomic mass is 10.1. The van der Waals surface area contributed by atoms with Crippen molar-refractivity contribution in [2.24, 2.45) is 0 Å². The molecule has 7 heteroatoms. The van der Waals surface area contributed by atoms with E-state index in [0.29, 0.717) is 0 Å². The lowest BCUT2D eigenvalue weighted by molar-refractivity contribution is -0.139. The molecule has 0 aliphatic carbocycles. The Morgan fingerprint density at radius 1 is 1.59 bits per heavy atom. The quantitative estimate of drug-likeness (QED) is 0.667. The van der Waals surface area contributed by atoms with E-state index in [9.17, 15) is 18.4 Å². The molecule has 0 spiro atoms. The number of hydrogen-bond acceptors (Lipinski definition) is 3. The fraction of sp³-hybridized carbons (Fsp3) is 0.400. The Hall–Kier alpha value is -1.43. The predicted octanol–water partition coefficient (Wildman–Crippen LogP) is 1.77. The lowest BCUT2D eigenvalue weighted by Gasteiger charge is -2.08. The maximum absolute atomic E-state index is 12.4. The molecule has 1 rings (SSSR count). The van der Waals surface area contributed by atoms with Crippen molar-refractivity contribution >= 4 is 17.6 Å². The van der Waals surface area contributed by atoms with Crippen LogP contribution in [0.1, 0.15) is 23.4 Å². The number of carbonyl (C=O) groups excluding carboxylic acids is 1. The van der Waals surface area contributed by atoms with Gasteiger partial charge in [0.1, 0.15) is 0 Å². The third kappa shape index (κ3) is 3.26. The molecule has 1 heterocycles. The maximum atomic E-state index is 12.4. The highest BCUT2D eigenvalue weighted by atomic mass is 35.5. The van der Waals surface area contributed by atoms with Gasteiger partial charge in [0.15, 0.2) is 5.43 Å². The van der Waals surface area contributed by atoms with Crippen LogP contribution in [0.2, 0.25) is 0 Å². The molecule has 0 aromatic carbocycles. The van der Waals surface area contributed by atoms with Gasteiger partial charge in [-0.25, -0.2) is 8.78 Å². The summed E-state index contributed by atoms with van der Waals surface area (Å²) in [7, 11) is 1.17. The van der Waals surface area contributed by atoms with Gasteiger partial charge in [0.05, 0.1) is 25.1 Å². The summed E-state index contributed by atoms with van der Waals surface area (Å²) in [5.74, 6) is -0.797. The van der Waals surface area contributed by atoms with Crippen LogP contribution in [0.25, 0.3) is 0 Å². The van der Waals surface area contributed by atoms with Crippen LogP contribution in [0, 0.1) is 0 Å². The molecule has 0 bridgehead atoms. The highest BCUT2D eigenvalue weighted by molar-refractivity contribution is 6.17. The first-order chi connectivity index (χ1) is 7.99. The van der Waals surface area contributed by atoms with E-state index in [1.54, 1.807) is 0 Å². The monoisotopic (exact) mass is 265 g/mol. The number of alkyl halides is 3. The van der Waals surface area contributed by atoms with Crippen LogP contribution in [-0.4, -0.2) is 18.1 Å². The minimum absolute atomic E-state index is 0.0521. The van der Waals surface area contributed by atoms with Gasteiger partial charge in [-0.05, 0) is 0 Å². The molecule has 1 aromatic rings. The van der Waals surface area contributed by atoms with Crippen molar-refractivity contribution in [2.45, 2.75) is 18.7 Å². The van der Waals surface area contributed by atoms with Gasteiger partial charge in [0.2, 0.25) is 0 Å². The normalized spacial score (nSPS) is 10.6. The topological polar surface area (TPSA) is 59.2 Å². The predicted molar refractivity (Wildman–Crippen MR) is 57.3 cm³/mol. The number of nitrogens with one attached hydrogen (secondary N) is 1. The number of hydrogen-bond donors (Lipinski definition) is 1. The van der Waals surface area contributed by atoms with Crippen LogP contribution in [0.4, 0.5) is 8.78 Å². The summed E-state index contributed by atoms with van der Waals surface area (Å²) in [6.45, 7) is 0. The summed E-state index contributed by atoms with van der Waals surface area (Å²) in [5, 5.41) is 0. The van der Waals surface area contributed by atoms with Crippen molar-refractivity contribution in [3.63, 3.8) is 0 Å². The molecule has 0 fully saturated rings. The van der Waals surface area contributed by atoms with Gasteiger partial charge in [0.25, 0.3) is 6.43 Å². The standard InChI is InChI=1S/C10H10ClF2NO3/c1-17-9(16)2-5-7(4-11)14-6(10(12)13)3-8(5)15/h3,10H,2,4H2,1H3,(H,14,15). The first-order valence-corrected chi connectivity index (χ1v) is 5.19. The van der Waals surface area contributed by atoms with Crippen molar-refractivity contribution in [3.8, 4) is 0 Å². The Balaban J connectivity index is 3.21. The smallest absolute Gasteiger partial charge is 0.310 e. The van der Waals surface area contributed by atoms with Crippen molar-refractivity contribution in [3.05, 3.63) is 33.2 Å². The molecule has 94 valence electrons. The Labute approximate surface area is 101 Å². The number of esters is 1. The molecule has 0 atom stereocenters. The first kappa shape index (κ1) is 13.6. The van der Waals surface area contributed by atoms with Crippen molar-refractivity contribution in [1.29, 1.82) is 0 Å². The summed E-state index contributed by atoms with van der Waals surface area (Å²) in [5.41, 5.74) is -1.00. The Morgan fingerprint density at radius 3 is 2.71 bits per heavy atom. The van der Waals surface area contributed by atoms with E-state index in [-0.39, 0.29) is 23.6 Å². The Morgan fingerprint density at radius 2 is 2.24 bits per heavy atom. The number of methoxy groups -OCH3 is 1. The SMILES string of the molecule is COC(=O)Cc1c(CCl)[nH]c(C(F)F)cc1=O. The maximum Gasteiger partial charge on any atom is 0.310 e. The van der Waals surface area contributed by atoms with Crippen LogP contribution in [0.3, 0.4) is 0 Å². The Bertz CT molecular complexity index is 473. The van der Waals surface area contributed by atoms with E-state index in [0.717, 1.165) is 6.07 Å². The third-order valence-corrected chi connectivity index (χ3v) is 2.43. The first-order valence-electron chi connectivity index (χ1n) is 4.65. The van der Waals surface area contributed by atoms with Gasteiger partial charge in [-0.15, -0.1) is 11.6 Å². The molecule has 1 N–H and O–H groups in total. The van der Waals surface area contributed by atoms with Crippen LogP contribution in [0.15, 0.2) is 10.9 Å². The molecule has 0 amide bonds. The number of carbonyl (C=O) groups is 1. The van der Waals surface area contributed by atoms with E-state index in [1.807, 2.05) is 0 Å². The second-order valence-electron chi connectivity index (χ2n) is 3.23. The molecule has 0 aliphatic heterocycles. The zero-order chi connectivity index (χ0) is 13.0. The van der Waals surface area contributed by atoms with Crippen LogP contribution in [-0.2, 0) is 21.8 Å². The zero-order valence-electron chi connectivity index (χ0n) is 8.93. The van der Waals surface area contributed by atoms with Gasteiger partial charge >= 0.3 is 5.97 Å². The number of aromatic nitrogens is 1. The van der Waals surface area contributed by atoms with Gasteiger partial charge in [-0.2, -0.15) is 0 Å². The molecule has 0 radical (unpaired) electrons. The van der Waals surface area contributed by atoms with E-state index < -0.39 is 23.5 Å². The fourth-order valence-corrected chi connectivity index (χ4v) is 1.53. The van der Waals surface area contributed by atoms with Crippen molar-refractivity contribution in [1.82, 2.24) is 4.98 Å². The third-order valence-electron chi connectivity index (χ3n) is 2.16. The average molecular weight is 266 g/mol. The number of ether oxygens (including phenoxy) is 1. The summed E-state index contributed by atoms with van der Waals surface area (Å²) in [4.78, 5) is 25.0. The second-order valence-corrected chi connectivity index (χ2v) is 3.50. The highest BCUT2D eigenvalue weighted by Crippen LogP contribution is 2.17. The van der Waals surface area contributed by atoms with Gasteiger partial charge in [-0.3, -0.25) is 9.59 Å². The molecular weight excluding hydrogens is 256 g/mol. The molecule has 0 saturated carbocycles. The van der Waals surface area contributed by atoms with Crippen LogP contribution in [0.5, 0.6) is 0 Å². The van der Waals surface area contributed by atoms with Crippen LogP contribution < -0.4 is 5.43 Å². The summed E-state index contributed by atoms with van der Waals surface area (Å²) in [6.07, 6.45) is -3.09. The molecule has 4 nitrogen and oxygen atoms in total. The van der Waals surface area contributed by atoms with E-state index in [1.165, 1.54) is 7.11 Å². The minimum atomic E-state index is -2.79. The molecule has 17 heavy (non-hydrogen) atoms. The van der Waals surface area contributed by atoms with E-state index in [2.05, 4.69) is 9.72 Å².